The molecular formula is C23H23N3O3. The van der Waals surface area contributed by atoms with Gasteiger partial charge in [0, 0.05) is 41.2 Å². The van der Waals surface area contributed by atoms with E-state index in [2.05, 4.69) is 15.6 Å². The van der Waals surface area contributed by atoms with Crippen LogP contribution in [0.3, 0.4) is 0 Å². The van der Waals surface area contributed by atoms with Crippen molar-refractivity contribution in [3.05, 3.63) is 60.4 Å². The Bertz CT molecular complexity index is 1070. The van der Waals surface area contributed by atoms with Crippen LogP contribution in [0.15, 0.2) is 54.9 Å². The fourth-order valence-corrected chi connectivity index (χ4v) is 4.33. The molecular weight excluding hydrogens is 366 g/mol. The van der Waals surface area contributed by atoms with Crippen molar-refractivity contribution in [2.24, 2.45) is 0 Å². The van der Waals surface area contributed by atoms with E-state index in [1.54, 1.807) is 19.5 Å². The lowest BCUT2D eigenvalue weighted by Gasteiger charge is -2.48. The number of amides is 2. The molecule has 148 valence electrons. The number of carbonyl (C=O) groups excluding carboxylic acids is 1. The van der Waals surface area contributed by atoms with Crippen LogP contribution in [0.4, 0.5) is 10.5 Å². The molecule has 1 aromatic heterocycles. The normalized spacial score (nSPS) is 19.0. The number of aromatic nitrogens is 1. The minimum absolute atomic E-state index is 0.110. The number of hydrogen-bond donors (Lipinski definition) is 2. The molecule has 1 fully saturated rings. The van der Waals surface area contributed by atoms with E-state index in [0.717, 1.165) is 59.2 Å². The molecule has 1 unspecified atom stereocenters. The minimum Gasteiger partial charge on any atom is -0.497 e. The van der Waals surface area contributed by atoms with Crippen LogP contribution in [0, 0.1) is 0 Å². The Labute approximate surface area is 169 Å². The van der Waals surface area contributed by atoms with Gasteiger partial charge in [-0.1, -0.05) is 12.1 Å². The summed E-state index contributed by atoms with van der Waals surface area (Å²) in [7, 11) is 1.65. The summed E-state index contributed by atoms with van der Waals surface area (Å²) in [6.07, 6.45) is 7.48. The summed E-state index contributed by atoms with van der Waals surface area (Å²) in [5, 5.41) is 8.12. The monoisotopic (exact) mass is 389 g/mol. The van der Waals surface area contributed by atoms with Gasteiger partial charge < -0.3 is 20.1 Å². The standard InChI is InChI=1S/C23H23N3O3/c1-28-16-6-7-18-20(13-23(9-3-10-23)29-21(18)12-16)26-22(27)25-19-5-2-4-15-14-24-11-8-17(15)19/h2,4-8,11-12,14,20H,3,9-10,13H2,1H3,(H2,25,26,27). The lowest BCUT2D eigenvalue weighted by molar-refractivity contribution is -0.0355. The van der Waals surface area contributed by atoms with Crippen molar-refractivity contribution in [3.63, 3.8) is 0 Å². The summed E-state index contributed by atoms with van der Waals surface area (Å²) in [6, 6.07) is 13.2. The van der Waals surface area contributed by atoms with Crippen molar-refractivity contribution in [2.45, 2.75) is 37.3 Å². The molecule has 1 atom stereocenters. The number of anilines is 1. The van der Waals surface area contributed by atoms with Crippen molar-refractivity contribution < 1.29 is 14.3 Å². The largest absolute Gasteiger partial charge is 0.497 e. The zero-order chi connectivity index (χ0) is 19.8. The molecule has 2 amide bonds. The van der Waals surface area contributed by atoms with Gasteiger partial charge in [0.15, 0.2) is 0 Å². The fraction of sp³-hybridized carbons (Fsp3) is 0.304. The number of pyridine rings is 1. The Hall–Kier alpha value is -3.28. The van der Waals surface area contributed by atoms with Crippen LogP contribution in [-0.2, 0) is 0 Å². The number of nitrogens with one attached hydrogen (secondary N) is 2. The summed E-state index contributed by atoms with van der Waals surface area (Å²) in [5.41, 5.74) is 1.57. The topological polar surface area (TPSA) is 72.5 Å². The second kappa shape index (κ2) is 6.95. The molecule has 1 aliphatic heterocycles. The molecule has 6 heteroatoms. The van der Waals surface area contributed by atoms with E-state index >= 15 is 0 Å². The van der Waals surface area contributed by atoms with Crippen LogP contribution >= 0.6 is 0 Å². The van der Waals surface area contributed by atoms with E-state index in [9.17, 15) is 4.79 Å². The number of hydrogen-bond acceptors (Lipinski definition) is 4. The van der Waals surface area contributed by atoms with Gasteiger partial charge in [0.1, 0.15) is 17.1 Å². The quantitative estimate of drug-likeness (QED) is 0.674. The van der Waals surface area contributed by atoms with Gasteiger partial charge in [-0.2, -0.15) is 0 Å². The third kappa shape index (κ3) is 3.24. The molecule has 2 aromatic carbocycles. The van der Waals surface area contributed by atoms with Gasteiger partial charge in [-0.05, 0) is 43.5 Å². The van der Waals surface area contributed by atoms with Crippen LogP contribution < -0.4 is 20.1 Å². The van der Waals surface area contributed by atoms with Crippen LogP contribution in [-0.4, -0.2) is 23.7 Å². The predicted octanol–water partition coefficient (Wildman–Crippen LogP) is 4.81. The number of methoxy groups -OCH3 is 1. The van der Waals surface area contributed by atoms with Gasteiger partial charge in [-0.15, -0.1) is 0 Å². The zero-order valence-corrected chi connectivity index (χ0v) is 16.3. The molecule has 1 spiro atoms. The van der Waals surface area contributed by atoms with E-state index in [1.807, 2.05) is 42.5 Å². The Morgan fingerprint density at radius 3 is 2.93 bits per heavy atom. The molecule has 0 radical (unpaired) electrons. The van der Waals surface area contributed by atoms with Crippen LogP contribution in [0.1, 0.15) is 37.3 Å². The molecule has 0 bridgehead atoms. The maximum atomic E-state index is 12.9. The highest BCUT2D eigenvalue weighted by Crippen LogP contribution is 2.49. The first-order valence-electron chi connectivity index (χ1n) is 9.93. The second-order valence-corrected chi connectivity index (χ2v) is 7.80. The molecule has 1 saturated carbocycles. The van der Waals surface area contributed by atoms with Gasteiger partial charge in [-0.25, -0.2) is 4.79 Å². The summed E-state index contributed by atoms with van der Waals surface area (Å²) in [4.78, 5) is 17.0. The smallest absolute Gasteiger partial charge is 0.319 e. The van der Waals surface area contributed by atoms with Crippen LogP contribution in [0.2, 0.25) is 0 Å². The van der Waals surface area contributed by atoms with E-state index in [4.69, 9.17) is 9.47 Å². The molecule has 0 saturated heterocycles. The van der Waals surface area contributed by atoms with Crippen LogP contribution in [0.25, 0.3) is 10.8 Å². The third-order valence-corrected chi connectivity index (χ3v) is 6.00. The van der Waals surface area contributed by atoms with E-state index < -0.39 is 0 Å². The fourth-order valence-electron chi connectivity index (χ4n) is 4.33. The number of ether oxygens (including phenoxy) is 2. The molecule has 2 heterocycles. The number of nitrogens with zero attached hydrogens (tertiary/aromatic N) is 1. The van der Waals surface area contributed by atoms with Crippen molar-refractivity contribution in [1.82, 2.24) is 10.3 Å². The number of rotatable bonds is 3. The Morgan fingerprint density at radius 2 is 2.14 bits per heavy atom. The number of benzene rings is 2. The number of carbonyl (C=O) groups is 1. The van der Waals surface area contributed by atoms with Crippen molar-refractivity contribution in [3.8, 4) is 11.5 Å². The Balaban J connectivity index is 1.40. The summed E-state index contributed by atoms with van der Waals surface area (Å²) in [5.74, 6) is 1.56. The first kappa shape index (κ1) is 17.8. The van der Waals surface area contributed by atoms with Gasteiger partial charge in [0.2, 0.25) is 0 Å². The molecule has 3 aromatic rings. The average molecular weight is 389 g/mol. The maximum absolute atomic E-state index is 12.9. The van der Waals surface area contributed by atoms with Gasteiger partial charge in [-0.3, -0.25) is 4.98 Å². The van der Waals surface area contributed by atoms with Gasteiger partial charge >= 0.3 is 6.03 Å². The highest BCUT2D eigenvalue weighted by molar-refractivity contribution is 6.01. The maximum Gasteiger partial charge on any atom is 0.319 e. The van der Waals surface area contributed by atoms with E-state index in [1.165, 1.54) is 0 Å². The zero-order valence-electron chi connectivity index (χ0n) is 16.3. The molecule has 1 aliphatic carbocycles. The van der Waals surface area contributed by atoms with Crippen molar-refractivity contribution in [2.75, 3.05) is 12.4 Å². The van der Waals surface area contributed by atoms with Gasteiger partial charge in [0.05, 0.1) is 18.8 Å². The lowest BCUT2D eigenvalue weighted by atomic mass is 9.73. The highest BCUT2D eigenvalue weighted by atomic mass is 16.5. The molecule has 29 heavy (non-hydrogen) atoms. The van der Waals surface area contributed by atoms with Crippen molar-refractivity contribution in [1.29, 1.82) is 0 Å². The third-order valence-electron chi connectivity index (χ3n) is 6.00. The average Bonchev–Trinajstić information content (AvgIpc) is 2.72. The van der Waals surface area contributed by atoms with E-state index in [0.29, 0.717) is 0 Å². The van der Waals surface area contributed by atoms with Crippen molar-refractivity contribution >= 4 is 22.5 Å². The molecule has 2 N–H and O–H groups in total. The molecule has 6 nitrogen and oxygen atoms in total. The number of fused-ring (bicyclic) bond motifs is 2. The van der Waals surface area contributed by atoms with Gasteiger partial charge in [0.25, 0.3) is 0 Å². The molecule has 5 rings (SSSR count). The lowest BCUT2D eigenvalue weighted by Crippen LogP contribution is -2.50. The summed E-state index contributed by atoms with van der Waals surface area (Å²) < 4.78 is 11.7. The Kier molecular flexibility index (Phi) is 4.27. The second-order valence-electron chi connectivity index (χ2n) is 7.80. The van der Waals surface area contributed by atoms with Crippen LogP contribution in [0.5, 0.6) is 11.5 Å². The van der Waals surface area contributed by atoms with E-state index in [-0.39, 0.29) is 17.7 Å². The Morgan fingerprint density at radius 1 is 1.24 bits per heavy atom. The minimum atomic E-state index is -0.225. The predicted molar refractivity (Wildman–Crippen MR) is 111 cm³/mol. The highest BCUT2D eigenvalue weighted by Gasteiger charge is 2.46. The molecule has 2 aliphatic rings. The summed E-state index contributed by atoms with van der Waals surface area (Å²) >= 11 is 0. The number of urea groups is 1. The summed E-state index contributed by atoms with van der Waals surface area (Å²) in [6.45, 7) is 0. The SMILES string of the molecule is COc1ccc2c(c1)OC1(CCC1)CC2NC(=O)Nc1cccc2cnccc12. The first-order chi connectivity index (χ1) is 14.2. The first-order valence-corrected chi connectivity index (χ1v) is 9.93.